The van der Waals surface area contributed by atoms with Gasteiger partial charge in [-0.05, 0) is 49.8 Å². The molecule has 0 bridgehead atoms. The number of nitrogens with one attached hydrogen (secondary N) is 1. The third kappa shape index (κ3) is 4.31. The zero-order valence-electron chi connectivity index (χ0n) is 15.3. The van der Waals surface area contributed by atoms with Crippen LogP contribution >= 0.6 is 0 Å². The molecule has 0 atom stereocenters. The monoisotopic (exact) mass is 385 g/mol. The Morgan fingerprint density at radius 1 is 1.11 bits per heavy atom. The fraction of sp³-hybridized carbons (Fsp3) is 0.143. The summed E-state index contributed by atoms with van der Waals surface area (Å²) in [6.07, 6.45) is -0.540. The second-order valence-electron chi connectivity index (χ2n) is 6.24. The lowest BCUT2D eigenvalue weighted by Crippen LogP contribution is -2.09. The van der Waals surface area contributed by atoms with Crippen LogP contribution in [0.1, 0.15) is 22.5 Å². The van der Waals surface area contributed by atoms with Gasteiger partial charge in [-0.2, -0.15) is 13.2 Å². The van der Waals surface area contributed by atoms with E-state index in [-0.39, 0.29) is 5.56 Å². The number of rotatable bonds is 4. The van der Waals surface area contributed by atoms with Crippen LogP contribution in [0.3, 0.4) is 0 Å². The van der Waals surface area contributed by atoms with Gasteiger partial charge < -0.3 is 9.88 Å². The molecule has 4 nitrogen and oxygen atoms in total. The van der Waals surface area contributed by atoms with Gasteiger partial charge in [0.05, 0.1) is 17.6 Å². The molecule has 1 N–H and O–H groups in total. The normalized spacial score (nSPS) is 11.8. The Morgan fingerprint density at radius 3 is 2.54 bits per heavy atom. The topological polar surface area (TPSA) is 46.9 Å². The number of anilines is 1. The number of carbonyl (C=O) groups excluding carboxylic acids is 1. The zero-order chi connectivity index (χ0) is 20.3. The van der Waals surface area contributed by atoms with Gasteiger partial charge in [-0.1, -0.05) is 24.3 Å². The van der Waals surface area contributed by atoms with Crippen LogP contribution in [-0.4, -0.2) is 15.5 Å². The van der Waals surface area contributed by atoms with Gasteiger partial charge in [-0.3, -0.25) is 4.79 Å². The van der Waals surface area contributed by atoms with Crippen LogP contribution in [0.25, 0.3) is 11.8 Å². The predicted molar refractivity (Wildman–Crippen MR) is 102 cm³/mol. The van der Waals surface area contributed by atoms with Gasteiger partial charge in [0.15, 0.2) is 0 Å². The lowest BCUT2D eigenvalue weighted by Gasteiger charge is -2.10. The Labute approximate surface area is 160 Å². The van der Waals surface area contributed by atoms with E-state index in [1.54, 1.807) is 24.5 Å². The van der Waals surface area contributed by atoms with Gasteiger partial charge in [0.25, 0.3) is 0 Å². The molecule has 0 fully saturated rings. The van der Waals surface area contributed by atoms with E-state index in [0.717, 1.165) is 35.3 Å². The van der Waals surface area contributed by atoms with E-state index in [1.165, 1.54) is 18.2 Å². The molecule has 0 aliphatic heterocycles. The summed E-state index contributed by atoms with van der Waals surface area (Å²) in [5, 5.41) is 2.67. The van der Waals surface area contributed by atoms with Gasteiger partial charge in [-0.25, -0.2) is 4.98 Å². The molecule has 0 unspecified atom stereocenters. The molecule has 0 saturated carbocycles. The second-order valence-corrected chi connectivity index (χ2v) is 6.24. The number of benzene rings is 2. The first-order chi connectivity index (χ1) is 13.3. The summed E-state index contributed by atoms with van der Waals surface area (Å²) >= 11 is 0. The maximum atomic E-state index is 13.0. The molecule has 2 aromatic carbocycles. The summed E-state index contributed by atoms with van der Waals surface area (Å²) in [5.74, 6) is -0.521. The summed E-state index contributed by atoms with van der Waals surface area (Å²) in [6.45, 7) is 3.84. The summed E-state index contributed by atoms with van der Waals surface area (Å²) in [6, 6.07) is 12.2. The number of halogens is 3. The molecular formula is C21H18F3N3O. The number of hydrogen-bond acceptors (Lipinski definition) is 2. The van der Waals surface area contributed by atoms with E-state index in [4.69, 9.17) is 0 Å². The highest BCUT2D eigenvalue weighted by molar-refractivity contribution is 6.02. The van der Waals surface area contributed by atoms with Gasteiger partial charge in [0.2, 0.25) is 5.91 Å². The minimum atomic E-state index is -4.48. The Kier molecular flexibility index (Phi) is 5.35. The van der Waals surface area contributed by atoms with Crippen LogP contribution in [0.15, 0.2) is 60.9 Å². The van der Waals surface area contributed by atoms with Crippen molar-refractivity contribution in [3.05, 3.63) is 83.4 Å². The molecule has 28 heavy (non-hydrogen) atoms. The lowest BCUT2D eigenvalue weighted by molar-refractivity contribution is -0.137. The third-order valence-corrected chi connectivity index (χ3v) is 4.32. The maximum absolute atomic E-state index is 13.0. The van der Waals surface area contributed by atoms with Crippen molar-refractivity contribution in [2.75, 3.05) is 5.32 Å². The average molecular weight is 385 g/mol. The Morgan fingerprint density at radius 2 is 1.86 bits per heavy atom. The van der Waals surface area contributed by atoms with Crippen molar-refractivity contribution in [3.8, 4) is 5.69 Å². The van der Waals surface area contributed by atoms with Crippen molar-refractivity contribution in [1.29, 1.82) is 0 Å². The number of hydrogen-bond donors (Lipinski definition) is 1. The van der Waals surface area contributed by atoms with Crippen molar-refractivity contribution in [3.63, 3.8) is 0 Å². The molecule has 0 aliphatic carbocycles. The summed E-state index contributed by atoms with van der Waals surface area (Å²) < 4.78 is 40.9. The molecule has 3 aromatic rings. The summed E-state index contributed by atoms with van der Waals surface area (Å²) in [7, 11) is 0. The first-order valence-corrected chi connectivity index (χ1v) is 8.52. The summed E-state index contributed by atoms with van der Waals surface area (Å²) in [5.41, 5.74) is 2.38. The van der Waals surface area contributed by atoms with Gasteiger partial charge in [-0.15, -0.1) is 0 Å². The highest BCUT2D eigenvalue weighted by Gasteiger charge is 2.32. The van der Waals surface area contributed by atoms with Crippen molar-refractivity contribution in [2.24, 2.45) is 0 Å². The number of carbonyl (C=O) groups is 1. The zero-order valence-corrected chi connectivity index (χ0v) is 15.3. The predicted octanol–water partition coefficient (Wildman–Crippen LogP) is 5.16. The van der Waals surface area contributed by atoms with E-state index in [9.17, 15) is 18.0 Å². The van der Waals surface area contributed by atoms with Gasteiger partial charge in [0, 0.05) is 23.1 Å². The van der Waals surface area contributed by atoms with E-state index >= 15 is 0 Å². The molecule has 144 valence electrons. The Hall–Kier alpha value is -3.35. The lowest BCUT2D eigenvalue weighted by atomic mass is 10.1. The first-order valence-electron chi connectivity index (χ1n) is 8.52. The van der Waals surface area contributed by atoms with Crippen LogP contribution in [0.2, 0.25) is 0 Å². The molecule has 3 rings (SSSR count). The smallest absolute Gasteiger partial charge is 0.322 e. The van der Waals surface area contributed by atoms with Crippen molar-refractivity contribution >= 4 is 17.7 Å². The Balaban J connectivity index is 1.77. The van der Waals surface area contributed by atoms with Crippen LogP contribution < -0.4 is 5.32 Å². The molecule has 0 radical (unpaired) electrons. The van der Waals surface area contributed by atoms with E-state index in [1.807, 2.05) is 24.5 Å². The van der Waals surface area contributed by atoms with E-state index in [0.29, 0.717) is 5.69 Å². The average Bonchev–Trinajstić information content (AvgIpc) is 2.99. The van der Waals surface area contributed by atoms with Gasteiger partial charge in [0.1, 0.15) is 0 Å². The van der Waals surface area contributed by atoms with E-state index in [2.05, 4.69) is 10.3 Å². The Bertz CT molecular complexity index is 1040. The van der Waals surface area contributed by atoms with Crippen LogP contribution in [0.4, 0.5) is 18.9 Å². The van der Waals surface area contributed by atoms with Crippen molar-refractivity contribution in [2.45, 2.75) is 20.0 Å². The maximum Gasteiger partial charge on any atom is 0.416 e. The first kappa shape index (κ1) is 19.4. The number of aryl methyl sites for hydroxylation is 1. The van der Waals surface area contributed by atoms with Crippen molar-refractivity contribution < 1.29 is 18.0 Å². The second kappa shape index (κ2) is 7.72. The van der Waals surface area contributed by atoms with Crippen LogP contribution in [0.5, 0.6) is 0 Å². The summed E-state index contributed by atoms with van der Waals surface area (Å²) in [4.78, 5) is 16.4. The van der Waals surface area contributed by atoms with Crippen LogP contribution in [-0.2, 0) is 11.0 Å². The highest BCUT2D eigenvalue weighted by atomic mass is 19.4. The van der Waals surface area contributed by atoms with Crippen LogP contribution in [0, 0.1) is 13.8 Å². The standard InChI is InChI=1S/C21H18F3N3O/c1-14-15(2)27(13-25-14)18-8-5-7-17(12-18)26-20(28)11-10-16-6-3-4-9-19(16)21(22,23)24/h3-13H,1-2H3,(H,26,28). The highest BCUT2D eigenvalue weighted by Crippen LogP contribution is 2.32. The number of alkyl halides is 3. The van der Waals surface area contributed by atoms with Crippen molar-refractivity contribution in [1.82, 2.24) is 9.55 Å². The molecule has 1 amide bonds. The van der Waals surface area contributed by atoms with Gasteiger partial charge >= 0.3 is 6.18 Å². The molecule has 0 spiro atoms. The minimum absolute atomic E-state index is 0.0663. The fourth-order valence-corrected chi connectivity index (χ4v) is 2.74. The number of aromatic nitrogens is 2. The SMILES string of the molecule is Cc1ncn(-c2cccc(NC(=O)C=Cc3ccccc3C(F)(F)F)c2)c1C. The van der Waals surface area contributed by atoms with E-state index < -0.39 is 17.6 Å². The number of amides is 1. The molecule has 7 heteroatoms. The molecule has 0 saturated heterocycles. The quantitative estimate of drug-likeness (QED) is 0.631. The third-order valence-electron chi connectivity index (χ3n) is 4.32. The minimum Gasteiger partial charge on any atom is -0.322 e. The molecule has 1 aromatic heterocycles. The number of nitrogens with zero attached hydrogens (tertiary/aromatic N) is 2. The molecule has 1 heterocycles. The number of imidazole rings is 1. The fourth-order valence-electron chi connectivity index (χ4n) is 2.74. The largest absolute Gasteiger partial charge is 0.416 e. The molecule has 0 aliphatic rings. The molecular weight excluding hydrogens is 367 g/mol.